The van der Waals surface area contributed by atoms with Gasteiger partial charge in [0.05, 0.1) is 12.5 Å². The highest BCUT2D eigenvalue weighted by atomic mass is 16.5. The van der Waals surface area contributed by atoms with E-state index in [1.807, 2.05) is 13.0 Å². The molecule has 0 aliphatic carbocycles. The Morgan fingerprint density at radius 3 is 2.73 bits per heavy atom. The molecule has 1 aromatic rings. The number of aryl methyl sites for hydroxylation is 1. The lowest BCUT2D eigenvalue weighted by Gasteiger charge is -2.13. The summed E-state index contributed by atoms with van der Waals surface area (Å²) in [4.78, 5) is 0. The molecule has 0 atom stereocenters. The van der Waals surface area contributed by atoms with Crippen molar-refractivity contribution in [1.82, 2.24) is 0 Å². The summed E-state index contributed by atoms with van der Waals surface area (Å²) in [5.41, 5.74) is 2.39. The average Bonchev–Trinajstić information content (AvgIpc) is 2.18. The van der Waals surface area contributed by atoms with Crippen molar-refractivity contribution in [3.63, 3.8) is 0 Å². The number of benzene rings is 1. The first-order chi connectivity index (χ1) is 7.15. The maximum atomic E-state index is 8.45. The van der Waals surface area contributed by atoms with Crippen LogP contribution >= 0.6 is 0 Å². The molecule has 0 amide bonds. The summed E-state index contributed by atoms with van der Waals surface area (Å²) in [6, 6.07) is 8.30. The quantitative estimate of drug-likeness (QED) is 0.702. The summed E-state index contributed by atoms with van der Waals surface area (Å²) in [6.45, 7) is 6.80. The van der Waals surface area contributed by atoms with Gasteiger partial charge in [0.1, 0.15) is 12.4 Å². The van der Waals surface area contributed by atoms with Crippen LogP contribution in [-0.4, -0.2) is 6.61 Å². The predicted octanol–water partition coefficient (Wildman–Crippen LogP) is 3.41. The van der Waals surface area contributed by atoms with E-state index in [0.717, 1.165) is 5.75 Å². The fraction of sp³-hybridized carbons (Fsp3) is 0.462. The highest BCUT2D eigenvalue weighted by molar-refractivity contribution is 5.39. The Bertz CT molecular complexity index is 363. The van der Waals surface area contributed by atoms with Crippen molar-refractivity contribution < 1.29 is 4.74 Å². The lowest BCUT2D eigenvalue weighted by molar-refractivity contribution is 0.321. The molecule has 1 rings (SSSR count). The molecule has 0 aromatic heterocycles. The van der Waals surface area contributed by atoms with Crippen LogP contribution in [0.3, 0.4) is 0 Å². The lowest BCUT2D eigenvalue weighted by atomic mass is 10.0. The number of nitrogens with zero attached hydrogens (tertiary/aromatic N) is 1. The van der Waals surface area contributed by atoms with Crippen LogP contribution in [0.15, 0.2) is 18.2 Å². The Kier molecular flexibility index (Phi) is 4.17. The highest BCUT2D eigenvalue weighted by Gasteiger charge is 2.07. The Hall–Kier alpha value is -1.49. The summed E-state index contributed by atoms with van der Waals surface area (Å²) in [6.07, 6.45) is 0.436. The number of rotatable bonds is 4. The van der Waals surface area contributed by atoms with Crippen LogP contribution in [0.25, 0.3) is 0 Å². The molecule has 80 valence electrons. The number of ether oxygens (including phenoxy) is 1. The minimum Gasteiger partial charge on any atom is -0.492 e. The molecule has 0 bridgehead atoms. The third-order valence-corrected chi connectivity index (χ3v) is 2.26. The maximum Gasteiger partial charge on any atom is 0.123 e. The van der Waals surface area contributed by atoms with E-state index >= 15 is 0 Å². The Morgan fingerprint density at radius 1 is 1.40 bits per heavy atom. The topological polar surface area (TPSA) is 33.0 Å². The Balaban J connectivity index is 2.83. The fourth-order valence-corrected chi connectivity index (χ4v) is 1.45. The van der Waals surface area contributed by atoms with Gasteiger partial charge in [-0.15, -0.1) is 0 Å². The van der Waals surface area contributed by atoms with Gasteiger partial charge in [-0.05, 0) is 30.0 Å². The highest BCUT2D eigenvalue weighted by Crippen LogP contribution is 2.27. The zero-order valence-electron chi connectivity index (χ0n) is 9.58. The maximum absolute atomic E-state index is 8.45. The van der Waals surface area contributed by atoms with Gasteiger partial charge in [0, 0.05) is 0 Å². The predicted molar refractivity (Wildman–Crippen MR) is 61.0 cm³/mol. The normalized spacial score (nSPS) is 10.1. The van der Waals surface area contributed by atoms with Gasteiger partial charge in [-0.2, -0.15) is 5.26 Å². The van der Waals surface area contributed by atoms with Crippen LogP contribution in [0, 0.1) is 18.3 Å². The first-order valence-electron chi connectivity index (χ1n) is 5.25. The Morgan fingerprint density at radius 2 is 2.13 bits per heavy atom. The number of nitriles is 1. The van der Waals surface area contributed by atoms with Gasteiger partial charge < -0.3 is 4.74 Å². The molecule has 0 radical (unpaired) electrons. The molecule has 0 aliphatic heterocycles. The van der Waals surface area contributed by atoms with Crippen LogP contribution in [-0.2, 0) is 0 Å². The van der Waals surface area contributed by atoms with E-state index < -0.39 is 0 Å². The minimum atomic E-state index is 0.436. The second kappa shape index (κ2) is 5.41. The molecule has 0 saturated heterocycles. The van der Waals surface area contributed by atoms with E-state index in [-0.39, 0.29) is 0 Å². The molecule has 2 nitrogen and oxygen atoms in total. The van der Waals surface area contributed by atoms with Gasteiger partial charge in [0.2, 0.25) is 0 Å². The van der Waals surface area contributed by atoms with Crippen molar-refractivity contribution in [1.29, 1.82) is 5.26 Å². The third kappa shape index (κ3) is 3.28. The summed E-state index contributed by atoms with van der Waals surface area (Å²) in [5, 5.41) is 8.45. The molecule has 0 fully saturated rings. The molecule has 15 heavy (non-hydrogen) atoms. The van der Waals surface area contributed by atoms with Crippen molar-refractivity contribution in [3.8, 4) is 11.8 Å². The first-order valence-corrected chi connectivity index (χ1v) is 5.25. The molecule has 0 spiro atoms. The fourth-order valence-electron chi connectivity index (χ4n) is 1.45. The van der Waals surface area contributed by atoms with Gasteiger partial charge in [0.15, 0.2) is 0 Å². The van der Waals surface area contributed by atoms with E-state index in [1.54, 1.807) is 0 Å². The van der Waals surface area contributed by atoms with Crippen LogP contribution in [0.4, 0.5) is 0 Å². The zero-order chi connectivity index (χ0) is 11.3. The summed E-state index contributed by atoms with van der Waals surface area (Å²) in [7, 11) is 0. The first kappa shape index (κ1) is 11.6. The smallest absolute Gasteiger partial charge is 0.123 e. The third-order valence-electron chi connectivity index (χ3n) is 2.26. The van der Waals surface area contributed by atoms with Gasteiger partial charge in [-0.1, -0.05) is 26.0 Å². The van der Waals surface area contributed by atoms with Gasteiger partial charge in [-0.3, -0.25) is 0 Å². The molecule has 0 aliphatic rings. The summed E-state index contributed by atoms with van der Waals surface area (Å²) in [5.74, 6) is 1.36. The average molecular weight is 203 g/mol. The van der Waals surface area contributed by atoms with E-state index in [1.165, 1.54) is 11.1 Å². The molecule has 0 heterocycles. The second-order valence-corrected chi connectivity index (χ2v) is 3.95. The number of hydrogen-bond acceptors (Lipinski definition) is 2. The largest absolute Gasteiger partial charge is 0.492 e. The van der Waals surface area contributed by atoms with Gasteiger partial charge in [-0.25, -0.2) is 0 Å². The zero-order valence-corrected chi connectivity index (χ0v) is 9.58. The summed E-state index contributed by atoms with van der Waals surface area (Å²) >= 11 is 0. The van der Waals surface area contributed by atoms with E-state index in [0.29, 0.717) is 18.9 Å². The van der Waals surface area contributed by atoms with Crippen molar-refractivity contribution in [2.24, 2.45) is 0 Å². The standard InChI is InChI=1S/C13H17NO/c1-10(2)12-6-5-11(3)9-13(12)15-8-4-7-14/h5-6,9-10H,4,8H2,1-3H3. The molecule has 0 N–H and O–H groups in total. The molecule has 2 heteroatoms. The molecule has 1 aromatic carbocycles. The van der Waals surface area contributed by atoms with Crippen LogP contribution in [0.2, 0.25) is 0 Å². The van der Waals surface area contributed by atoms with Gasteiger partial charge >= 0.3 is 0 Å². The van der Waals surface area contributed by atoms with E-state index in [9.17, 15) is 0 Å². The monoisotopic (exact) mass is 203 g/mol. The number of hydrogen-bond donors (Lipinski definition) is 0. The van der Waals surface area contributed by atoms with Crippen LogP contribution in [0.1, 0.15) is 37.3 Å². The van der Waals surface area contributed by atoms with Crippen molar-refractivity contribution in [3.05, 3.63) is 29.3 Å². The molecular weight excluding hydrogens is 186 g/mol. The van der Waals surface area contributed by atoms with E-state index in [4.69, 9.17) is 10.00 Å². The lowest BCUT2D eigenvalue weighted by Crippen LogP contribution is -2.00. The second-order valence-electron chi connectivity index (χ2n) is 3.95. The van der Waals surface area contributed by atoms with Crippen molar-refractivity contribution >= 4 is 0 Å². The summed E-state index contributed by atoms with van der Waals surface area (Å²) < 4.78 is 5.60. The van der Waals surface area contributed by atoms with Crippen molar-refractivity contribution in [2.45, 2.75) is 33.1 Å². The van der Waals surface area contributed by atoms with E-state index in [2.05, 4.69) is 32.0 Å². The minimum absolute atomic E-state index is 0.436. The molecule has 0 unspecified atom stereocenters. The van der Waals surface area contributed by atoms with Crippen LogP contribution in [0.5, 0.6) is 5.75 Å². The van der Waals surface area contributed by atoms with Gasteiger partial charge in [0.25, 0.3) is 0 Å². The molecular formula is C13H17NO. The molecule has 0 saturated carbocycles. The Labute approximate surface area is 91.5 Å². The van der Waals surface area contributed by atoms with Crippen molar-refractivity contribution in [2.75, 3.05) is 6.61 Å². The van der Waals surface area contributed by atoms with Crippen LogP contribution < -0.4 is 4.74 Å². The SMILES string of the molecule is Cc1ccc(C(C)C)c(OCCC#N)c1.